The molecule has 1 aliphatic carbocycles. The summed E-state index contributed by atoms with van der Waals surface area (Å²) in [4.78, 5) is 2.56. The summed E-state index contributed by atoms with van der Waals surface area (Å²) in [6.45, 7) is 6.79. The average Bonchev–Trinajstić information content (AvgIpc) is 2.39. The number of hydrogen-bond donors (Lipinski definition) is 0. The monoisotopic (exact) mass is 233 g/mol. The summed E-state index contributed by atoms with van der Waals surface area (Å²) in [6, 6.07) is 7.13. The van der Waals surface area contributed by atoms with Crippen LogP contribution in [0.2, 0.25) is 0 Å². The van der Waals surface area contributed by atoms with Crippen molar-refractivity contribution in [2.75, 3.05) is 20.2 Å². The molecule has 0 amide bonds. The third-order valence-corrected chi connectivity index (χ3v) is 3.97. The molecule has 17 heavy (non-hydrogen) atoms. The minimum Gasteiger partial charge on any atom is -0.496 e. The Morgan fingerprint density at radius 3 is 2.71 bits per heavy atom. The number of nitrogens with zero attached hydrogens (tertiary/aromatic N) is 1. The first kappa shape index (κ1) is 12.4. The van der Waals surface area contributed by atoms with Gasteiger partial charge in [0.15, 0.2) is 0 Å². The Labute approximate surface area is 105 Å². The van der Waals surface area contributed by atoms with E-state index in [2.05, 4.69) is 36.9 Å². The van der Waals surface area contributed by atoms with Gasteiger partial charge in [0.1, 0.15) is 5.75 Å². The molecule has 0 aromatic heterocycles. The second-order valence-corrected chi connectivity index (χ2v) is 4.72. The highest BCUT2D eigenvalue weighted by molar-refractivity contribution is 5.42. The Kier molecular flexibility index (Phi) is 4.06. The van der Waals surface area contributed by atoms with Gasteiger partial charge in [-0.15, -0.1) is 0 Å². The van der Waals surface area contributed by atoms with Gasteiger partial charge < -0.3 is 9.64 Å². The fourth-order valence-corrected chi connectivity index (χ4v) is 2.98. The molecule has 2 rings (SSSR count). The lowest BCUT2D eigenvalue weighted by atomic mass is 9.87. The van der Waals surface area contributed by atoms with E-state index in [1.165, 1.54) is 24.0 Å². The normalized spacial score (nSPS) is 19.2. The molecule has 0 bridgehead atoms. The van der Waals surface area contributed by atoms with Crippen LogP contribution in [-0.2, 0) is 12.8 Å². The van der Waals surface area contributed by atoms with Crippen LogP contribution in [0.1, 0.15) is 31.4 Å². The molecule has 0 aliphatic heterocycles. The van der Waals surface area contributed by atoms with E-state index in [0.717, 1.165) is 25.3 Å². The summed E-state index contributed by atoms with van der Waals surface area (Å²) in [5, 5.41) is 0. The lowest BCUT2D eigenvalue weighted by Crippen LogP contribution is -2.39. The number of aryl methyl sites for hydroxylation is 1. The predicted molar refractivity (Wildman–Crippen MR) is 71.7 cm³/mol. The van der Waals surface area contributed by atoms with Crippen molar-refractivity contribution in [3.05, 3.63) is 29.3 Å². The molecule has 0 heterocycles. The van der Waals surface area contributed by atoms with Gasteiger partial charge in [0, 0.05) is 6.04 Å². The molecule has 1 atom stereocenters. The smallest absolute Gasteiger partial charge is 0.122 e. The van der Waals surface area contributed by atoms with Crippen molar-refractivity contribution >= 4 is 0 Å². The molecule has 2 heteroatoms. The van der Waals surface area contributed by atoms with Gasteiger partial charge in [-0.1, -0.05) is 26.0 Å². The van der Waals surface area contributed by atoms with Gasteiger partial charge in [0.05, 0.1) is 7.11 Å². The molecule has 0 spiro atoms. The summed E-state index contributed by atoms with van der Waals surface area (Å²) in [5.74, 6) is 1.07. The zero-order valence-corrected chi connectivity index (χ0v) is 11.2. The lowest BCUT2D eigenvalue weighted by molar-refractivity contribution is 0.197. The van der Waals surface area contributed by atoms with E-state index < -0.39 is 0 Å². The molecular weight excluding hydrogens is 210 g/mol. The van der Waals surface area contributed by atoms with E-state index >= 15 is 0 Å². The number of likely N-dealkylation sites (N-methyl/N-ethyl adjacent to an activating group) is 1. The van der Waals surface area contributed by atoms with Crippen LogP contribution in [0.25, 0.3) is 0 Å². The van der Waals surface area contributed by atoms with E-state index in [1.54, 1.807) is 7.11 Å². The highest BCUT2D eigenvalue weighted by Crippen LogP contribution is 2.31. The summed E-state index contributed by atoms with van der Waals surface area (Å²) >= 11 is 0. The Bertz CT molecular complexity index is 357. The van der Waals surface area contributed by atoms with Crippen LogP contribution in [0.3, 0.4) is 0 Å². The third-order valence-electron chi connectivity index (χ3n) is 3.97. The molecule has 94 valence electrons. The minimum absolute atomic E-state index is 0.689. The largest absolute Gasteiger partial charge is 0.496 e. The number of hydrogen-bond acceptors (Lipinski definition) is 2. The van der Waals surface area contributed by atoms with Crippen LogP contribution in [0.4, 0.5) is 0 Å². The van der Waals surface area contributed by atoms with Gasteiger partial charge in [0.2, 0.25) is 0 Å². The fraction of sp³-hybridized carbons (Fsp3) is 0.600. The van der Waals surface area contributed by atoms with Crippen molar-refractivity contribution in [1.29, 1.82) is 0 Å². The summed E-state index contributed by atoms with van der Waals surface area (Å²) in [5.41, 5.74) is 2.91. The van der Waals surface area contributed by atoms with Crippen molar-refractivity contribution < 1.29 is 4.74 Å². The Morgan fingerprint density at radius 1 is 1.29 bits per heavy atom. The summed E-state index contributed by atoms with van der Waals surface area (Å²) in [6.07, 6.45) is 3.61. The van der Waals surface area contributed by atoms with E-state index in [9.17, 15) is 0 Å². The Balaban J connectivity index is 2.22. The molecule has 0 saturated heterocycles. The molecule has 0 N–H and O–H groups in total. The Morgan fingerprint density at radius 2 is 2.06 bits per heavy atom. The topological polar surface area (TPSA) is 12.5 Å². The second-order valence-electron chi connectivity index (χ2n) is 4.72. The van der Waals surface area contributed by atoms with E-state index in [4.69, 9.17) is 4.74 Å². The van der Waals surface area contributed by atoms with Crippen molar-refractivity contribution in [2.24, 2.45) is 0 Å². The molecule has 2 nitrogen and oxygen atoms in total. The lowest BCUT2D eigenvalue weighted by Gasteiger charge is -2.34. The van der Waals surface area contributed by atoms with Crippen LogP contribution in [0.5, 0.6) is 5.75 Å². The highest BCUT2D eigenvalue weighted by Gasteiger charge is 2.24. The number of methoxy groups -OCH3 is 1. The van der Waals surface area contributed by atoms with Gasteiger partial charge in [-0.25, -0.2) is 0 Å². The summed E-state index contributed by atoms with van der Waals surface area (Å²) in [7, 11) is 1.77. The molecule has 0 unspecified atom stereocenters. The first-order chi connectivity index (χ1) is 8.30. The zero-order chi connectivity index (χ0) is 12.3. The second kappa shape index (κ2) is 5.54. The molecular formula is C15H23NO. The molecule has 0 radical (unpaired) electrons. The van der Waals surface area contributed by atoms with E-state index in [1.807, 2.05) is 0 Å². The quantitative estimate of drug-likeness (QED) is 0.793. The van der Waals surface area contributed by atoms with Crippen molar-refractivity contribution in [3.8, 4) is 5.75 Å². The van der Waals surface area contributed by atoms with Crippen LogP contribution >= 0.6 is 0 Å². The third kappa shape index (κ3) is 2.47. The van der Waals surface area contributed by atoms with Crippen LogP contribution in [0.15, 0.2) is 18.2 Å². The molecule has 1 aliphatic rings. The zero-order valence-electron chi connectivity index (χ0n) is 11.2. The molecule has 0 fully saturated rings. The van der Waals surface area contributed by atoms with Gasteiger partial charge in [-0.05, 0) is 49.5 Å². The number of fused-ring (bicyclic) bond motifs is 1. The van der Waals surface area contributed by atoms with Crippen LogP contribution < -0.4 is 4.74 Å². The maximum Gasteiger partial charge on any atom is 0.122 e. The predicted octanol–water partition coefficient (Wildman–Crippen LogP) is 2.89. The first-order valence-electron chi connectivity index (χ1n) is 6.68. The molecule has 0 saturated carbocycles. The Hall–Kier alpha value is -1.02. The van der Waals surface area contributed by atoms with Crippen molar-refractivity contribution in [2.45, 2.75) is 39.2 Å². The average molecular weight is 233 g/mol. The van der Waals surface area contributed by atoms with Gasteiger partial charge >= 0.3 is 0 Å². The van der Waals surface area contributed by atoms with Gasteiger partial charge in [-0.3, -0.25) is 0 Å². The van der Waals surface area contributed by atoms with Crippen LogP contribution in [0, 0.1) is 0 Å². The minimum atomic E-state index is 0.689. The first-order valence-corrected chi connectivity index (χ1v) is 6.68. The van der Waals surface area contributed by atoms with Gasteiger partial charge in [-0.2, -0.15) is 0 Å². The number of rotatable bonds is 4. The van der Waals surface area contributed by atoms with Crippen molar-refractivity contribution in [3.63, 3.8) is 0 Å². The van der Waals surface area contributed by atoms with E-state index in [-0.39, 0.29) is 0 Å². The summed E-state index contributed by atoms with van der Waals surface area (Å²) < 4.78 is 5.49. The van der Waals surface area contributed by atoms with Crippen molar-refractivity contribution in [1.82, 2.24) is 4.90 Å². The molecule has 1 aromatic rings. The van der Waals surface area contributed by atoms with Gasteiger partial charge in [0.25, 0.3) is 0 Å². The highest BCUT2D eigenvalue weighted by atomic mass is 16.5. The van der Waals surface area contributed by atoms with E-state index in [0.29, 0.717) is 6.04 Å². The fourth-order valence-electron chi connectivity index (χ4n) is 2.98. The maximum atomic E-state index is 5.49. The van der Waals surface area contributed by atoms with Crippen LogP contribution in [-0.4, -0.2) is 31.1 Å². The SMILES string of the molecule is CCN(CC)[C@@H]1CCc2cccc(OC)c2C1. The molecule has 1 aromatic carbocycles. The maximum absolute atomic E-state index is 5.49. The standard InChI is InChI=1S/C15H23NO/c1-4-16(5-2)13-10-9-12-7-6-8-15(17-3)14(12)11-13/h6-8,13H,4-5,9-11H2,1-3H3/t13-/m1/s1. The number of ether oxygens (including phenoxy) is 1. The number of benzene rings is 1.